The molecule has 0 saturated carbocycles. The van der Waals surface area contributed by atoms with Crippen LogP contribution in [-0.2, 0) is 13.8 Å². The molecular weight excluding hydrogens is 408 g/mol. The Bertz CT molecular complexity index is 697. The van der Waals surface area contributed by atoms with Gasteiger partial charge in [-0.2, -0.15) is 23.0 Å². The Morgan fingerprint density at radius 1 is 1.48 bits per heavy atom. The van der Waals surface area contributed by atoms with E-state index in [1.807, 2.05) is 24.5 Å². The normalized spacial score (nSPS) is 17.5. The van der Waals surface area contributed by atoms with Crippen LogP contribution in [0.4, 0.5) is 0 Å². The van der Waals surface area contributed by atoms with Crippen LogP contribution in [0.5, 0.6) is 0 Å². The quantitative estimate of drug-likeness (QED) is 0.294. The summed E-state index contributed by atoms with van der Waals surface area (Å²) in [5, 5.41) is 4.60. The summed E-state index contributed by atoms with van der Waals surface area (Å²) in [7, 11) is 3.67. The number of amidine groups is 1. The first-order valence-electron chi connectivity index (χ1n) is 8.25. The first kappa shape index (κ1) is 22.1. The monoisotopic (exact) mass is 432 g/mol. The molecule has 0 aliphatic carbocycles. The van der Waals surface area contributed by atoms with Crippen LogP contribution in [0.2, 0.25) is 0 Å². The summed E-state index contributed by atoms with van der Waals surface area (Å²) in [6.07, 6.45) is 1.76. The van der Waals surface area contributed by atoms with Crippen molar-refractivity contribution in [2.75, 3.05) is 46.9 Å². The zero-order chi connectivity index (χ0) is 18.5. The van der Waals surface area contributed by atoms with Crippen LogP contribution >= 0.6 is 37.1 Å². The number of fused-ring (bicyclic) bond motifs is 1. The molecule has 0 amide bonds. The Labute approximate surface area is 174 Å². The first-order valence-corrected chi connectivity index (χ1v) is 9.83. The molecule has 9 nitrogen and oxygen atoms in total. The summed E-state index contributed by atoms with van der Waals surface area (Å²) in [5.41, 5.74) is 4.39. The summed E-state index contributed by atoms with van der Waals surface area (Å²) in [5.74, 6) is 0.485. The smallest absolute Gasteiger partial charge is 0.337 e. The number of piperazine rings is 1. The molecule has 0 radical (unpaired) electrons. The molecule has 150 valence electrons. The van der Waals surface area contributed by atoms with Crippen LogP contribution in [0, 0.1) is 0 Å². The Balaban J connectivity index is 0.00000261. The standard InChI is InChI=1S/C15H22N6O3S2.H2S/c1-4-23-15(22)11-9-18-13(14-17-5-8-25-14)21-7-6-20(10-12(11)21)24-26-19(3)16-2;/h5,8,16H,4,6-7,9-10H2,1-3H3;1H2. The van der Waals surface area contributed by atoms with Crippen LogP contribution in [0.1, 0.15) is 11.9 Å². The molecule has 1 aromatic heterocycles. The minimum atomic E-state index is -0.323. The molecule has 0 bridgehead atoms. The minimum absolute atomic E-state index is 0. The SMILES string of the molecule is CCOC(=O)C1=C2CN(OSN(C)NC)CCN2C(c2nccs2)=NC1.S. The number of carbonyl (C=O) groups is 1. The number of carbonyl (C=O) groups excluding carboxylic acids is 1. The molecule has 0 spiro atoms. The van der Waals surface area contributed by atoms with Crippen molar-refractivity contribution in [2.24, 2.45) is 4.99 Å². The molecule has 27 heavy (non-hydrogen) atoms. The number of hydroxylamine groups is 2. The van der Waals surface area contributed by atoms with Crippen LogP contribution in [-0.4, -0.2) is 78.0 Å². The maximum absolute atomic E-state index is 12.4. The number of thiazole rings is 1. The molecule has 12 heteroatoms. The van der Waals surface area contributed by atoms with E-state index in [0.717, 1.165) is 16.5 Å². The Morgan fingerprint density at radius 2 is 2.30 bits per heavy atom. The molecule has 3 rings (SSSR count). The topological polar surface area (TPSA) is 82.5 Å². The molecule has 1 N–H and O–H groups in total. The van der Waals surface area contributed by atoms with Crippen molar-refractivity contribution in [2.45, 2.75) is 6.92 Å². The van der Waals surface area contributed by atoms with Crippen LogP contribution in [0.25, 0.3) is 0 Å². The van der Waals surface area contributed by atoms with Crippen molar-refractivity contribution < 1.29 is 13.8 Å². The van der Waals surface area contributed by atoms with E-state index in [9.17, 15) is 4.79 Å². The van der Waals surface area contributed by atoms with Gasteiger partial charge in [-0.25, -0.2) is 19.5 Å². The lowest BCUT2D eigenvalue weighted by Crippen LogP contribution is -2.49. The first-order chi connectivity index (χ1) is 12.6. The Morgan fingerprint density at radius 3 is 2.96 bits per heavy atom. The van der Waals surface area contributed by atoms with Gasteiger partial charge in [0, 0.05) is 37.4 Å². The van der Waals surface area contributed by atoms with E-state index in [1.165, 1.54) is 23.6 Å². The van der Waals surface area contributed by atoms with Gasteiger partial charge in [0.15, 0.2) is 10.8 Å². The maximum atomic E-state index is 12.4. The molecular formula is C15H24N6O3S3. The summed E-state index contributed by atoms with van der Waals surface area (Å²) in [6, 6.07) is 0. The molecule has 1 aromatic rings. The highest BCUT2D eigenvalue weighted by molar-refractivity contribution is 7.92. The maximum Gasteiger partial charge on any atom is 0.337 e. The second kappa shape index (κ2) is 10.4. The number of nitrogens with zero attached hydrogens (tertiary/aromatic N) is 5. The van der Waals surface area contributed by atoms with E-state index < -0.39 is 0 Å². The van der Waals surface area contributed by atoms with Gasteiger partial charge >= 0.3 is 5.97 Å². The number of esters is 1. The van der Waals surface area contributed by atoms with E-state index in [-0.39, 0.29) is 26.0 Å². The third kappa shape index (κ3) is 5.22. The van der Waals surface area contributed by atoms with Gasteiger partial charge in [-0.05, 0) is 14.0 Å². The fourth-order valence-electron chi connectivity index (χ4n) is 2.62. The lowest BCUT2D eigenvalue weighted by molar-refractivity contribution is -0.138. The van der Waals surface area contributed by atoms with Gasteiger partial charge in [-0.1, -0.05) is 0 Å². The highest BCUT2D eigenvalue weighted by Crippen LogP contribution is 2.27. The number of hydrogen-bond acceptors (Lipinski definition) is 11. The Hall–Kier alpha value is -1.15. The average molecular weight is 433 g/mol. The van der Waals surface area contributed by atoms with E-state index in [0.29, 0.717) is 31.8 Å². The molecule has 3 heterocycles. The Kier molecular flexibility index (Phi) is 8.54. The minimum Gasteiger partial charge on any atom is -0.463 e. The predicted octanol–water partition coefficient (Wildman–Crippen LogP) is 1.01. The summed E-state index contributed by atoms with van der Waals surface area (Å²) in [4.78, 5) is 23.4. The summed E-state index contributed by atoms with van der Waals surface area (Å²) in [6.45, 7) is 4.23. The van der Waals surface area contributed by atoms with E-state index >= 15 is 0 Å². The van der Waals surface area contributed by atoms with Crippen LogP contribution < -0.4 is 5.43 Å². The van der Waals surface area contributed by atoms with Crippen molar-refractivity contribution in [3.05, 3.63) is 27.9 Å². The molecule has 1 saturated heterocycles. The summed E-state index contributed by atoms with van der Waals surface area (Å²) < 4.78 is 12.7. The highest BCUT2D eigenvalue weighted by Gasteiger charge is 2.34. The lowest BCUT2D eigenvalue weighted by atomic mass is 10.1. The van der Waals surface area contributed by atoms with E-state index in [2.05, 4.69) is 20.3 Å². The number of aromatic nitrogens is 1. The number of ether oxygens (including phenoxy) is 1. The fraction of sp³-hybridized carbons (Fsp3) is 0.533. The second-order valence-corrected chi connectivity index (χ2v) is 7.25. The molecule has 0 atom stereocenters. The number of hydrazine groups is 1. The van der Waals surface area contributed by atoms with Gasteiger partial charge in [0.25, 0.3) is 0 Å². The molecule has 0 unspecified atom stereocenters. The third-order valence-corrected chi connectivity index (χ3v) is 5.38. The molecule has 2 aliphatic heterocycles. The number of nitrogens with one attached hydrogen (secondary N) is 1. The molecule has 1 fully saturated rings. The van der Waals surface area contributed by atoms with E-state index in [4.69, 9.17) is 9.02 Å². The summed E-state index contributed by atoms with van der Waals surface area (Å²) >= 11 is 2.73. The fourth-order valence-corrected chi connectivity index (χ4v) is 3.66. The van der Waals surface area contributed by atoms with Gasteiger partial charge < -0.3 is 9.64 Å². The zero-order valence-corrected chi connectivity index (χ0v) is 18.1. The number of aliphatic imine (C=N–C) groups is 1. The average Bonchev–Trinajstić information content (AvgIpc) is 3.19. The molecule has 2 aliphatic rings. The second-order valence-electron chi connectivity index (χ2n) is 5.51. The third-order valence-electron chi connectivity index (χ3n) is 3.93. The van der Waals surface area contributed by atoms with Gasteiger partial charge in [0.2, 0.25) is 0 Å². The van der Waals surface area contributed by atoms with Crippen molar-refractivity contribution in [3.63, 3.8) is 0 Å². The van der Waals surface area contributed by atoms with Crippen LogP contribution in [0.3, 0.4) is 0 Å². The number of rotatable bonds is 7. The van der Waals surface area contributed by atoms with Crippen molar-refractivity contribution >= 4 is 48.9 Å². The molecule has 0 aromatic carbocycles. The van der Waals surface area contributed by atoms with Gasteiger partial charge in [0.05, 0.1) is 25.3 Å². The van der Waals surface area contributed by atoms with Crippen molar-refractivity contribution in [1.29, 1.82) is 0 Å². The van der Waals surface area contributed by atoms with Gasteiger partial charge in [-0.15, -0.1) is 11.3 Å². The predicted molar refractivity (Wildman–Crippen MR) is 111 cm³/mol. The van der Waals surface area contributed by atoms with Crippen LogP contribution in [0.15, 0.2) is 27.8 Å². The van der Waals surface area contributed by atoms with E-state index in [1.54, 1.807) is 17.5 Å². The zero-order valence-electron chi connectivity index (χ0n) is 15.5. The largest absolute Gasteiger partial charge is 0.463 e. The lowest BCUT2D eigenvalue weighted by Gasteiger charge is -2.39. The number of hydrogen-bond donors (Lipinski definition) is 1. The van der Waals surface area contributed by atoms with Gasteiger partial charge in [-0.3, -0.25) is 4.99 Å². The van der Waals surface area contributed by atoms with Gasteiger partial charge in [0.1, 0.15) is 12.2 Å². The highest BCUT2D eigenvalue weighted by atomic mass is 32.2. The van der Waals surface area contributed by atoms with Crippen molar-refractivity contribution in [3.8, 4) is 0 Å². The van der Waals surface area contributed by atoms with Crippen molar-refractivity contribution in [1.82, 2.24) is 24.8 Å².